The number of likely N-dealkylation sites (N-methyl/N-ethyl adjacent to an activating group) is 1. The molecule has 0 aliphatic carbocycles. The third-order valence-electron chi connectivity index (χ3n) is 3.29. The lowest BCUT2D eigenvalue weighted by molar-refractivity contribution is -0.144. The van der Waals surface area contributed by atoms with Crippen LogP contribution in [-0.4, -0.2) is 58.2 Å². The Bertz CT molecular complexity index is 673. The largest absolute Gasteiger partial charge is 0.480 e. The molecule has 1 aromatic rings. The van der Waals surface area contributed by atoms with Gasteiger partial charge in [0.15, 0.2) is 0 Å². The minimum Gasteiger partial charge on any atom is -0.480 e. The summed E-state index contributed by atoms with van der Waals surface area (Å²) in [6.07, 6.45) is 0. The van der Waals surface area contributed by atoms with Crippen molar-refractivity contribution in [3.05, 3.63) is 33.8 Å². The Morgan fingerprint density at radius 2 is 1.86 bits per heavy atom. The van der Waals surface area contributed by atoms with Gasteiger partial charge in [-0.3, -0.25) is 24.1 Å². The minimum absolute atomic E-state index is 0.180. The second-order valence-electron chi connectivity index (χ2n) is 4.69. The predicted molar refractivity (Wildman–Crippen MR) is 79.4 cm³/mol. The van der Waals surface area contributed by atoms with E-state index in [1.165, 1.54) is 12.1 Å². The molecule has 8 heteroatoms. The van der Waals surface area contributed by atoms with Crippen molar-refractivity contribution < 1.29 is 24.3 Å². The molecule has 0 bridgehead atoms. The SMILES string of the molecule is CCN(CC(=O)O)C(=O)CN1C(=O)c2ccc(Br)cc2C1=O. The number of amides is 3. The summed E-state index contributed by atoms with van der Waals surface area (Å²) in [5, 5.41) is 8.75. The maximum absolute atomic E-state index is 12.2. The molecular formula is C14H13BrN2O5. The molecule has 7 nitrogen and oxygen atoms in total. The zero-order valence-electron chi connectivity index (χ0n) is 11.7. The average molecular weight is 369 g/mol. The van der Waals surface area contributed by atoms with E-state index >= 15 is 0 Å². The molecule has 0 unspecified atom stereocenters. The molecule has 1 aromatic carbocycles. The monoisotopic (exact) mass is 368 g/mol. The van der Waals surface area contributed by atoms with Crippen LogP contribution in [0.25, 0.3) is 0 Å². The number of carboxylic acids is 1. The van der Waals surface area contributed by atoms with Crippen molar-refractivity contribution in [1.29, 1.82) is 0 Å². The summed E-state index contributed by atoms with van der Waals surface area (Å²) >= 11 is 3.22. The highest BCUT2D eigenvalue weighted by molar-refractivity contribution is 9.10. The lowest BCUT2D eigenvalue weighted by atomic mass is 10.1. The van der Waals surface area contributed by atoms with Gasteiger partial charge in [0.25, 0.3) is 11.8 Å². The highest BCUT2D eigenvalue weighted by atomic mass is 79.9. The summed E-state index contributed by atoms with van der Waals surface area (Å²) in [7, 11) is 0. The third kappa shape index (κ3) is 3.01. The molecule has 1 aliphatic rings. The van der Waals surface area contributed by atoms with Crippen LogP contribution in [0, 0.1) is 0 Å². The van der Waals surface area contributed by atoms with Crippen molar-refractivity contribution in [3.8, 4) is 0 Å². The molecule has 3 amide bonds. The van der Waals surface area contributed by atoms with Crippen molar-refractivity contribution in [2.45, 2.75) is 6.92 Å². The smallest absolute Gasteiger partial charge is 0.323 e. The number of carbonyl (C=O) groups excluding carboxylic acids is 3. The molecule has 0 saturated carbocycles. The summed E-state index contributed by atoms with van der Waals surface area (Å²) < 4.78 is 0.654. The number of nitrogens with zero attached hydrogens (tertiary/aromatic N) is 2. The molecule has 1 heterocycles. The van der Waals surface area contributed by atoms with Crippen LogP contribution in [-0.2, 0) is 9.59 Å². The molecule has 0 spiro atoms. The fourth-order valence-electron chi connectivity index (χ4n) is 2.18. The first-order valence-electron chi connectivity index (χ1n) is 6.50. The van der Waals surface area contributed by atoms with Crippen molar-refractivity contribution in [2.24, 2.45) is 0 Å². The number of benzene rings is 1. The summed E-state index contributed by atoms with van der Waals surface area (Å²) in [6.45, 7) is 0.870. The normalized spacial score (nSPS) is 13.3. The quantitative estimate of drug-likeness (QED) is 0.781. The van der Waals surface area contributed by atoms with E-state index in [2.05, 4.69) is 15.9 Å². The van der Waals surface area contributed by atoms with Crippen LogP contribution in [0.4, 0.5) is 0 Å². The Kier molecular flexibility index (Phi) is 4.60. The number of hydrogen-bond acceptors (Lipinski definition) is 4. The topological polar surface area (TPSA) is 95.0 Å². The van der Waals surface area contributed by atoms with Gasteiger partial charge in [0.2, 0.25) is 5.91 Å². The van der Waals surface area contributed by atoms with Crippen LogP contribution in [0.5, 0.6) is 0 Å². The first-order chi connectivity index (χ1) is 10.3. The van der Waals surface area contributed by atoms with E-state index in [1.807, 2.05) is 0 Å². The van der Waals surface area contributed by atoms with Gasteiger partial charge in [-0.1, -0.05) is 15.9 Å². The number of fused-ring (bicyclic) bond motifs is 1. The molecule has 116 valence electrons. The van der Waals surface area contributed by atoms with Gasteiger partial charge in [0, 0.05) is 11.0 Å². The van der Waals surface area contributed by atoms with E-state index in [0.717, 1.165) is 9.80 Å². The van der Waals surface area contributed by atoms with E-state index in [-0.39, 0.29) is 17.7 Å². The number of halogens is 1. The standard InChI is InChI=1S/C14H13BrN2O5/c1-2-16(7-12(19)20)11(18)6-17-13(21)9-4-3-8(15)5-10(9)14(17)22/h3-5H,2,6-7H2,1H3,(H,19,20). The van der Waals surface area contributed by atoms with Gasteiger partial charge in [-0.25, -0.2) is 0 Å². The van der Waals surface area contributed by atoms with E-state index in [4.69, 9.17) is 5.11 Å². The van der Waals surface area contributed by atoms with Crippen LogP contribution in [0.15, 0.2) is 22.7 Å². The average Bonchev–Trinajstić information content (AvgIpc) is 2.69. The Morgan fingerprint density at radius 3 is 2.45 bits per heavy atom. The fourth-order valence-corrected chi connectivity index (χ4v) is 2.54. The Morgan fingerprint density at radius 1 is 1.23 bits per heavy atom. The summed E-state index contributed by atoms with van der Waals surface area (Å²) in [6, 6.07) is 4.67. The van der Waals surface area contributed by atoms with E-state index in [9.17, 15) is 19.2 Å². The fraction of sp³-hybridized carbons (Fsp3) is 0.286. The number of rotatable bonds is 5. The van der Waals surface area contributed by atoms with Crippen LogP contribution >= 0.6 is 15.9 Å². The number of hydrogen-bond donors (Lipinski definition) is 1. The van der Waals surface area contributed by atoms with E-state index < -0.39 is 36.8 Å². The maximum atomic E-state index is 12.2. The molecule has 0 saturated heterocycles. The number of carboxylic acid groups (broad SMARTS) is 1. The summed E-state index contributed by atoms with van der Waals surface area (Å²) in [5.41, 5.74) is 0.468. The predicted octanol–water partition coefficient (Wildman–Crippen LogP) is 0.978. The molecule has 0 radical (unpaired) electrons. The number of aliphatic carboxylic acids is 1. The molecular weight excluding hydrogens is 356 g/mol. The van der Waals surface area contributed by atoms with Crippen molar-refractivity contribution >= 4 is 39.6 Å². The Balaban J connectivity index is 2.18. The number of carbonyl (C=O) groups is 4. The Hall–Kier alpha value is -2.22. The van der Waals surface area contributed by atoms with Crippen LogP contribution < -0.4 is 0 Å². The van der Waals surface area contributed by atoms with Crippen molar-refractivity contribution in [1.82, 2.24) is 9.80 Å². The molecule has 1 N–H and O–H groups in total. The van der Waals surface area contributed by atoms with Gasteiger partial charge in [0.05, 0.1) is 11.1 Å². The van der Waals surface area contributed by atoms with Crippen LogP contribution in [0.3, 0.4) is 0 Å². The van der Waals surface area contributed by atoms with Gasteiger partial charge in [-0.2, -0.15) is 0 Å². The van der Waals surface area contributed by atoms with Crippen LogP contribution in [0.1, 0.15) is 27.6 Å². The van der Waals surface area contributed by atoms with Gasteiger partial charge in [-0.15, -0.1) is 0 Å². The minimum atomic E-state index is -1.15. The van der Waals surface area contributed by atoms with Gasteiger partial charge in [-0.05, 0) is 25.1 Å². The molecule has 1 aliphatic heterocycles. The third-order valence-corrected chi connectivity index (χ3v) is 3.78. The highest BCUT2D eigenvalue weighted by Crippen LogP contribution is 2.25. The van der Waals surface area contributed by atoms with E-state index in [0.29, 0.717) is 4.47 Å². The van der Waals surface area contributed by atoms with Crippen molar-refractivity contribution in [2.75, 3.05) is 19.6 Å². The second kappa shape index (κ2) is 6.27. The van der Waals surface area contributed by atoms with Gasteiger partial charge < -0.3 is 10.0 Å². The first kappa shape index (κ1) is 16.2. The Labute approximate surface area is 134 Å². The van der Waals surface area contributed by atoms with Crippen molar-refractivity contribution in [3.63, 3.8) is 0 Å². The molecule has 22 heavy (non-hydrogen) atoms. The van der Waals surface area contributed by atoms with E-state index in [1.54, 1.807) is 13.0 Å². The molecule has 0 aromatic heterocycles. The highest BCUT2D eigenvalue weighted by Gasteiger charge is 2.37. The molecule has 0 atom stereocenters. The maximum Gasteiger partial charge on any atom is 0.323 e. The first-order valence-corrected chi connectivity index (χ1v) is 7.29. The molecule has 0 fully saturated rings. The van der Waals surface area contributed by atoms with Gasteiger partial charge in [0.1, 0.15) is 13.1 Å². The zero-order chi connectivity index (χ0) is 16.4. The second-order valence-corrected chi connectivity index (χ2v) is 5.60. The lowest BCUT2D eigenvalue weighted by Gasteiger charge is -2.21. The summed E-state index contributed by atoms with van der Waals surface area (Å²) in [5.74, 6) is -2.84. The number of imide groups is 1. The summed E-state index contributed by atoms with van der Waals surface area (Å²) in [4.78, 5) is 49.1. The zero-order valence-corrected chi connectivity index (χ0v) is 13.3. The van der Waals surface area contributed by atoms with Crippen LogP contribution in [0.2, 0.25) is 0 Å². The lowest BCUT2D eigenvalue weighted by Crippen LogP contribution is -2.44. The van der Waals surface area contributed by atoms with Gasteiger partial charge >= 0.3 is 5.97 Å². The molecule has 2 rings (SSSR count).